The van der Waals surface area contributed by atoms with E-state index >= 15 is 0 Å². The van der Waals surface area contributed by atoms with E-state index in [2.05, 4.69) is 9.97 Å². The Balaban J connectivity index is 1.81. The summed E-state index contributed by atoms with van der Waals surface area (Å²) in [6.45, 7) is 3.64. The number of ketones is 1. The number of halogens is 1. The maximum Gasteiger partial charge on any atom is 0.290 e. The first-order chi connectivity index (χ1) is 14.4. The number of benzene rings is 1. The highest BCUT2D eigenvalue weighted by Crippen LogP contribution is 2.40. The van der Waals surface area contributed by atoms with E-state index in [-0.39, 0.29) is 12.1 Å². The van der Waals surface area contributed by atoms with Gasteiger partial charge in [0, 0.05) is 18.9 Å². The van der Waals surface area contributed by atoms with Gasteiger partial charge in [-0.1, -0.05) is 18.2 Å². The van der Waals surface area contributed by atoms with Crippen LogP contribution in [0.3, 0.4) is 0 Å². The average molecular weight is 423 g/mol. The summed E-state index contributed by atoms with van der Waals surface area (Å²) in [6, 6.07) is 8.25. The van der Waals surface area contributed by atoms with Gasteiger partial charge in [-0.2, -0.15) is 0 Å². The molecule has 2 aromatic heterocycles. The van der Waals surface area contributed by atoms with Gasteiger partial charge in [0.05, 0.1) is 27.2 Å². The highest BCUT2D eigenvalue weighted by molar-refractivity contribution is 7.14. The van der Waals surface area contributed by atoms with Crippen LogP contribution in [0.15, 0.2) is 60.1 Å². The van der Waals surface area contributed by atoms with Gasteiger partial charge in [0.25, 0.3) is 5.91 Å². The van der Waals surface area contributed by atoms with Crippen LogP contribution in [0, 0.1) is 19.7 Å². The smallest absolute Gasteiger partial charge is 0.290 e. The second-order valence-electron chi connectivity index (χ2n) is 6.99. The molecule has 3 aromatic rings. The molecule has 1 aliphatic rings. The third kappa shape index (κ3) is 3.50. The number of amides is 1. The van der Waals surface area contributed by atoms with Crippen LogP contribution in [0.1, 0.15) is 37.5 Å². The number of pyridine rings is 1. The Hall–Kier alpha value is -3.39. The molecule has 1 atom stereocenters. The normalized spacial score (nSPS) is 16.4. The highest BCUT2D eigenvalue weighted by atomic mass is 32.1. The van der Waals surface area contributed by atoms with Gasteiger partial charge in [0.15, 0.2) is 5.76 Å². The Bertz CT molecular complexity index is 1160. The van der Waals surface area contributed by atoms with Crippen LogP contribution < -0.4 is 0 Å². The molecular weight excluding hydrogens is 405 g/mol. The topological polar surface area (TPSA) is 83.4 Å². The molecule has 8 heteroatoms. The number of aryl methyl sites for hydroxylation is 2. The SMILES string of the molecule is Cc1nc(C)c(C(=O)C2=C(O)C(=O)N(Cc3cccnc3)[C@H]2c2ccc(F)cc2)s1. The van der Waals surface area contributed by atoms with Crippen LogP contribution in [0.4, 0.5) is 4.39 Å². The molecule has 0 saturated heterocycles. The first-order valence-corrected chi connectivity index (χ1v) is 10.1. The summed E-state index contributed by atoms with van der Waals surface area (Å²) in [7, 11) is 0. The van der Waals surface area contributed by atoms with Crippen molar-refractivity contribution in [2.24, 2.45) is 0 Å². The van der Waals surface area contributed by atoms with Crippen molar-refractivity contribution in [1.29, 1.82) is 0 Å². The molecule has 1 aromatic carbocycles. The standard InChI is InChI=1S/C22H18FN3O3S/c1-12-21(30-13(2)25-12)19(27)17-18(15-5-7-16(23)8-6-15)26(22(29)20(17)28)11-14-4-3-9-24-10-14/h3-10,18,28H,11H2,1-2H3/t18-/m0/s1. The van der Waals surface area contributed by atoms with E-state index in [1.54, 1.807) is 38.4 Å². The van der Waals surface area contributed by atoms with Crippen molar-refractivity contribution < 1.29 is 19.1 Å². The fraction of sp³-hybridized carbons (Fsp3) is 0.182. The lowest BCUT2D eigenvalue weighted by Crippen LogP contribution is -2.30. The zero-order valence-electron chi connectivity index (χ0n) is 16.3. The van der Waals surface area contributed by atoms with Gasteiger partial charge in [-0.3, -0.25) is 14.6 Å². The number of rotatable bonds is 5. The summed E-state index contributed by atoms with van der Waals surface area (Å²) in [5, 5.41) is 11.4. The molecule has 6 nitrogen and oxygen atoms in total. The lowest BCUT2D eigenvalue weighted by molar-refractivity contribution is -0.130. The van der Waals surface area contributed by atoms with Crippen LogP contribution >= 0.6 is 11.3 Å². The highest BCUT2D eigenvalue weighted by Gasteiger charge is 2.44. The minimum absolute atomic E-state index is 0.0257. The summed E-state index contributed by atoms with van der Waals surface area (Å²) >= 11 is 1.21. The van der Waals surface area contributed by atoms with Gasteiger partial charge in [-0.05, 0) is 43.2 Å². The minimum Gasteiger partial charge on any atom is -0.503 e. The van der Waals surface area contributed by atoms with Gasteiger partial charge in [0.1, 0.15) is 5.82 Å². The summed E-state index contributed by atoms with van der Waals surface area (Å²) in [4.78, 5) is 36.4. The molecule has 0 fully saturated rings. The van der Waals surface area contributed by atoms with Crippen molar-refractivity contribution in [3.05, 3.63) is 92.6 Å². The molecule has 3 heterocycles. The molecule has 1 amide bonds. The zero-order chi connectivity index (χ0) is 21.4. The van der Waals surface area contributed by atoms with E-state index in [1.165, 1.54) is 40.5 Å². The van der Waals surface area contributed by atoms with Gasteiger partial charge < -0.3 is 10.0 Å². The summed E-state index contributed by atoms with van der Waals surface area (Å²) in [6.07, 6.45) is 3.23. The summed E-state index contributed by atoms with van der Waals surface area (Å²) in [5.41, 5.74) is 1.78. The number of carbonyl (C=O) groups excluding carboxylic acids is 2. The number of Topliss-reactive ketones (excluding diaryl/α,β-unsaturated/α-hetero) is 1. The van der Waals surface area contributed by atoms with Gasteiger partial charge in [0.2, 0.25) is 5.78 Å². The molecular formula is C22H18FN3O3S. The van der Waals surface area contributed by atoms with Crippen molar-refractivity contribution in [1.82, 2.24) is 14.9 Å². The number of hydrogen-bond acceptors (Lipinski definition) is 6. The Morgan fingerprint density at radius 2 is 1.97 bits per heavy atom. The molecule has 0 aliphatic carbocycles. The van der Waals surface area contributed by atoms with Gasteiger partial charge in [-0.25, -0.2) is 9.37 Å². The number of aliphatic hydroxyl groups is 1. The molecule has 0 saturated carbocycles. The van der Waals surface area contributed by atoms with Crippen LogP contribution in [0.2, 0.25) is 0 Å². The summed E-state index contributed by atoms with van der Waals surface area (Å²) in [5.74, 6) is -2.14. The zero-order valence-corrected chi connectivity index (χ0v) is 17.1. The van der Waals surface area contributed by atoms with E-state index < -0.39 is 29.3 Å². The van der Waals surface area contributed by atoms with E-state index in [0.29, 0.717) is 21.1 Å². The third-order valence-corrected chi connectivity index (χ3v) is 5.99. The van der Waals surface area contributed by atoms with E-state index in [9.17, 15) is 19.1 Å². The predicted molar refractivity (Wildman–Crippen MR) is 110 cm³/mol. The number of hydrogen-bond donors (Lipinski definition) is 1. The van der Waals surface area contributed by atoms with Crippen molar-refractivity contribution in [3.63, 3.8) is 0 Å². The number of nitrogens with zero attached hydrogens (tertiary/aromatic N) is 3. The molecule has 0 unspecified atom stereocenters. The fourth-order valence-corrected chi connectivity index (χ4v) is 4.47. The second kappa shape index (κ2) is 7.79. The van der Waals surface area contributed by atoms with Gasteiger partial charge >= 0.3 is 0 Å². The van der Waals surface area contributed by atoms with Gasteiger partial charge in [-0.15, -0.1) is 11.3 Å². The first-order valence-electron chi connectivity index (χ1n) is 9.24. The van der Waals surface area contributed by atoms with Crippen LogP contribution in [-0.4, -0.2) is 31.7 Å². The molecule has 1 aliphatic heterocycles. The van der Waals surface area contributed by atoms with Crippen molar-refractivity contribution in [3.8, 4) is 0 Å². The molecule has 0 spiro atoms. The lowest BCUT2D eigenvalue weighted by atomic mass is 9.95. The Morgan fingerprint density at radius 3 is 2.57 bits per heavy atom. The second-order valence-corrected chi connectivity index (χ2v) is 8.19. The Morgan fingerprint density at radius 1 is 1.23 bits per heavy atom. The average Bonchev–Trinajstić information content (AvgIpc) is 3.20. The van der Waals surface area contributed by atoms with Crippen molar-refractivity contribution in [2.75, 3.05) is 0 Å². The fourth-order valence-electron chi connectivity index (χ4n) is 3.59. The van der Waals surface area contributed by atoms with Crippen molar-refractivity contribution >= 4 is 23.0 Å². The largest absolute Gasteiger partial charge is 0.503 e. The number of aliphatic hydroxyl groups excluding tert-OH is 1. The molecule has 0 bridgehead atoms. The van der Waals surface area contributed by atoms with Crippen LogP contribution in [0.25, 0.3) is 0 Å². The van der Waals surface area contributed by atoms with Crippen LogP contribution in [-0.2, 0) is 11.3 Å². The molecule has 4 rings (SSSR count). The summed E-state index contributed by atoms with van der Waals surface area (Å²) < 4.78 is 13.5. The Labute approximate surface area is 176 Å². The van der Waals surface area contributed by atoms with Crippen LogP contribution in [0.5, 0.6) is 0 Å². The number of aromatic nitrogens is 2. The quantitative estimate of drug-likeness (QED) is 0.626. The third-order valence-electron chi connectivity index (χ3n) is 4.92. The maximum atomic E-state index is 13.5. The lowest BCUT2D eigenvalue weighted by Gasteiger charge is -2.26. The number of thiazole rings is 1. The molecule has 0 radical (unpaired) electrons. The monoisotopic (exact) mass is 423 g/mol. The maximum absolute atomic E-state index is 13.5. The van der Waals surface area contributed by atoms with E-state index in [0.717, 1.165) is 5.56 Å². The minimum atomic E-state index is -0.854. The Kier molecular flexibility index (Phi) is 5.17. The van der Waals surface area contributed by atoms with E-state index in [1.807, 2.05) is 0 Å². The molecule has 30 heavy (non-hydrogen) atoms. The first kappa shape index (κ1) is 19.9. The number of carbonyl (C=O) groups is 2. The predicted octanol–water partition coefficient (Wildman–Crippen LogP) is 4.07. The van der Waals surface area contributed by atoms with E-state index in [4.69, 9.17) is 0 Å². The molecule has 152 valence electrons. The molecule has 1 N–H and O–H groups in total. The van der Waals surface area contributed by atoms with Crippen molar-refractivity contribution in [2.45, 2.75) is 26.4 Å².